The molecule has 0 aromatic carbocycles. The summed E-state index contributed by atoms with van der Waals surface area (Å²) in [5, 5.41) is 3.20. The van der Waals surface area contributed by atoms with Gasteiger partial charge in [0.05, 0.1) is 0 Å². The van der Waals surface area contributed by atoms with E-state index in [1.807, 2.05) is 19.2 Å². The molecule has 0 unspecified atom stereocenters. The van der Waals surface area contributed by atoms with E-state index in [0.717, 1.165) is 18.8 Å². The summed E-state index contributed by atoms with van der Waals surface area (Å²) in [4.78, 5) is 2.44. The fourth-order valence-corrected chi connectivity index (χ4v) is 3.23. The number of piperidine rings is 1. The van der Waals surface area contributed by atoms with E-state index in [9.17, 15) is 0 Å². The van der Waals surface area contributed by atoms with E-state index in [2.05, 4.69) is 56.4 Å². The molecule has 0 aliphatic carbocycles. The summed E-state index contributed by atoms with van der Waals surface area (Å²) in [5.41, 5.74) is 5.55. The van der Waals surface area contributed by atoms with Crippen molar-refractivity contribution >= 4 is 0 Å². The third-order valence-electron chi connectivity index (χ3n) is 5.12. The number of hydrogen-bond donors (Lipinski definition) is 1. The number of hydrogen-bond acceptors (Lipinski definition) is 2. The molecular weight excluding hydrogens is 292 g/mol. The molecule has 134 valence electrons. The highest BCUT2D eigenvalue weighted by Crippen LogP contribution is 2.30. The Labute approximate surface area is 149 Å². The molecule has 1 aliphatic rings. The van der Waals surface area contributed by atoms with E-state index in [-0.39, 0.29) is 0 Å². The molecular formula is C22H36N2. The predicted molar refractivity (Wildman–Crippen MR) is 108 cm³/mol. The van der Waals surface area contributed by atoms with Crippen LogP contribution in [0.5, 0.6) is 0 Å². The van der Waals surface area contributed by atoms with Gasteiger partial charge in [-0.05, 0) is 83.2 Å². The second-order valence-corrected chi connectivity index (χ2v) is 6.94. The van der Waals surface area contributed by atoms with Gasteiger partial charge in [-0.15, -0.1) is 6.58 Å². The fourth-order valence-electron chi connectivity index (χ4n) is 3.23. The minimum atomic E-state index is 0.793. The van der Waals surface area contributed by atoms with Crippen LogP contribution in [0.3, 0.4) is 0 Å². The van der Waals surface area contributed by atoms with Crippen LogP contribution in [-0.4, -0.2) is 32.1 Å². The first kappa shape index (κ1) is 20.5. The summed E-state index contributed by atoms with van der Waals surface area (Å²) in [5.74, 6) is 0.793. The standard InChI is InChI=1S/C22H36N2/c1-7-9-21(12-11-18(3)23-5)19(4)22(10-8-2)17-20-13-15-24(6)16-14-20/h7-8,10-11,20,23H,1-2,9,12-17H2,3-6H3/b18-11+,21-19-,22-10-. The summed E-state index contributed by atoms with van der Waals surface area (Å²) < 4.78 is 0. The molecule has 0 saturated carbocycles. The molecule has 0 atom stereocenters. The van der Waals surface area contributed by atoms with Gasteiger partial charge >= 0.3 is 0 Å². The van der Waals surface area contributed by atoms with Gasteiger partial charge in [-0.3, -0.25) is 0 Å². The zero-order valence-electron chi connectivity index (χ0n) is 16.2. The summed E-state index contributed by atoms with van der Waals surface area (Å²) in [6.45, 7) is 14.7. The molecule has 0 aromatic rings. The normalized spacial score (nSPS) is 19.0. The third kappa shape index (κ3) is 6.92. The molecule has 2 nitrogen and oxygen atoms in total. The monoisotopic (exact) mass is 328 g/mol. The van der Waals surface area contributed by atoms with Crippen molar-refractivity contribution in [3.8, 4) is 0 Å². The molecule has 2 heteroatoms. The van der Waals surface area contributed by atoms with Crippen molar-refractivity contribution in [3.05, 3.63) is 59.9 Å². The van der Waals surface area contributed by atoms with Crippen LogP contribution in [0.1, 0.15) is 46.0 Å². The van der Waals surface area contributed by atoms with Crippen LogP contribution in [0.15, 0.2) is 59.9 Å². The van der Waals surface area contributed by atoms with Gasteiger partial charge in [0.2, 0.25) is 0 Å². The SMILES string of the molecule is C=C/C=C(CC1CCN(C)CC1)\C(C)=C(\CC=C)C/C=C(\C)NC. The summed E-state index contributed by atoms with van der Waals surface area (Å²) in [6.07, 6.45) is 14.1. The van der Waals surface area contributed by atoms with E-state index < -0.39 is 0 Å². The lowest BCUT2D eigenvalue weighted by molar-refractivity contribution is 0.219. The number of nitrogens with zero attached hydrogens (tertiary/aromatic N) is 1. The van der Waals surface area contributed by atoms with E-state index in [1.165, 1.54) is 54.8 Å². The van der Waals surface area contributed by atoms with Gasteiger partial charge < -0.3 is 10.2 Å². The maximum atomic E-state index is 3.94. The Morgan fingerprint density at radius 3 is 2.38 bits per heavy atom. The minimum Gasteiger partial charge on any atom is -0.392 e. The first-order valence-electron chi connectivity index (χ1n) is 9.16. The molecule has 0 spiro atoms. The van der Waals surface area contributed by atoms with Crippen LogP contribution >= 0.6 is 0 Å². The van der Waals surface area contributed by atoms with Crippen LogP contribution < -0.4 is 5.32 Å². The van der Waals surface area contributed by atoms with E-state index in [0.29, 0.717) is 0 Å². The molecule has 0 aromatic heterocycles. The van der Waals surface area contributed by atoms with Crippen molar-refractivity contribution in [1.82, 2.24) is 10.2 Å². The lowest BCUT2D eigenvalue weighted by atomic mass is 9.85. The Morgan fingerprint density at radius 2 is 1.83 bits per heavy atom. The van der Waals surface area contributed by atoms with Gasteiger partial charge in [0.15, 0.2) is 0 Å². The van der Waals surface area contributed by atoms with Crippen molar-refractivity contribution in [3.63, 3.8) is 0 Å². The molecule has 1 rings (SSSR count). The van der Waals surface area contributed by atoms with E-state index in [4.69, 9.17) is 0 Å². The van der Waals surface area contributed by atoms with Crippen molar-refractivity contribution in [2.24, 2.45) is 5.92 Å². The summed E-state index contributed by atoms with van der Waals surface area (Å²) in [7, 11) is 4.19. The van der Waals surface area contributed by atoms with Gasteiger partial charge in [0.1, 0.15) is 0 Å². The maximum absolute atomic E-state index is 3.94. The molecule has 1 fully saturated rings. The van der Waals surface area contributed by atoms with Gasteiger partial charge in [-0.25, -0.2) is 0 Å². The highest BCUT2D eigenvalue weighted by atomic mass is 15.1. The van der Waals surface area contributed by atoms with E-state index >= 15 is 0 Å². The van der Waals surface area contributed by atoms with Crippen LogP contribution in [-0.2, 0) is 0 Å². The highest BCUT2D eigenvalue weighted by Gasteiger charge is 2.19. The molecule has 0 radical (unpaired) electrons. The van der Waals surface area contributed by atoms with Gasteiger partial charge in [0.25, 0.3) is 0 Å². The van der Waals surface area contributed by atoms with Crippen molar-refractivity contribution in [2.75, 3.05) is 27.2 Å². The summed E-state index contributed by atoms with van der Waals surface area (Å²) in [6, 6.07) is 0. The zero-order chi connectivity index (χ0) is 17.9. The van der Waals surface area contributed by atoms with Crippen molar-refractivity contribution in [1.29, 1.82) is 0 Å². The Bertz CT molecular complexity index is 500. The molecule has 0 bridgehead atoms. The van der Waals surface area contributed by atoms with Crippen molar-refractivity contribution < 1.29 is 0 Å². The summed E-state index contributed by atoms with van der Waals surface area (Å²) >= 11 is 0. The number of likely N-dealkylation sites (tertiary alicyclic amines) is 1. The maximum Gasteiger partial charge on any atom is 0.00351 e. The van der Waals surface area contributed by atoms with Gasteiger partial charge in [-0.2, -0.15) is 0 Å². The number of allylic oxidation sites excluding steroid dienone is 8. The molecule has 24 heavy (non-hydrogen) atoms. The first-order valence-corrected chi connectivity index (χ1v) is 9.16. The Balaban J connectivity index is 2.94. The quantitative estimate of drug-likeness (QED) is 0.460. The lowest BCUT2D eigenvalue weighted by Crippen LogP contribution is -2.30. The fraction of sp³-hybridized carbons (Fsp3) is 0.545. The van der Waals surface area contributed by atoms with Crippen molar-refractivity contribution in [2.45, 2.75) is 46.0 Å². The lowest BCUT2D eigenvalue weighted by Gasteiger charge is -2.30. The molecule has 1 aliphatic heterocycles. The molecule has 1 saturated heterocycles. The molecule has 0 amide bonds. The first-order chi connectivity index (χ1) is 11.5. The Kier molecular flexibility index (Phi) is 9.48. The van der Waals surface area contributed by atoms with E-state index in [1.54, 1.807) is 0 Å². The van der Waals surface area contributed by atoms with Crippen LogP contribution in [0.2, 0.25) is 0 Å². The minimum absolute atomic E-state index is 0.793. The number of nitrogens with one attached hydrogen (secondary N) is 1. The Morgan fingerprint density at radius 1 is 1.17 bits per heavy atom. The van der Waals surface area contributed by atoms with Crippen LogP contribution in [0, 0.1) is 5.92 Å². The zero-order valence-corrected chi connectivity index (χ0v) is 16.2. The second-order valence-electron chi connectivity index (χ2n) is 6.94. The van der Waals surface area contributed by atoms with Crippen LogP contribution in [0.4, 0.5) is 0 Å². The largest absolute Gasteiger partial charge is 0.392 e. The smallest absolute Gasteiger partial charge is 0.00351 e. The average molecular weight is 329 g/mol. The highest BCUT2D eigenvalue weighted by molar-refractivity contribution is 5.38. The third-order valence-corrected chi connectivity index (χ3v) is 5.12. The van der Waals surface area contributed by atoms with Crippen LogP contribution in [0.25, 0.3) is 0 Å². The topological polar surface area (TPSA) is 15.3 Å². The number of rotatable bonds is 9. The predicted octanol–water partition coefficient (Wildman–Crippen LogP) is 5.24. The molecule has 1 heterocycles. The Hall–Kier alpha value is -1.54. The second kappa shape index (κ2) is 11.1. The van der Waals surface area contributed by atoms with Gasteiger partial charge in [0, 0.05) is 12.7 Å². The van der Waals surface area contributed by atoms with Gasteiger partial charge in [-0.1, -0.05) is 36.5 Å². The average Bonchev–Trinajstić information content (AvgIpc) is 2.59. The molecule has 1 N–H and O–H groups in total.